The van der Waals surface area contributed by atoms with E-state index in [2.05, 4.69) is 5.32 Å². The van der Waals surface area contributed by atoms with Crippen molar-refractivity contribution in [3.05, 3.63) is 35.9 Å². The summed E-state index contributed by atoms with van der Waals surface area (Å²) in [6.07, 6.45) is -4.76. The SMILES string of the molecule is CC(=O)CCNC[C@H](O)[C@@H](O)[C@@H]1O[C@H](c2ccccc2)OC[C@H]1O. The van der Waals surface area contributed by atoms with Crippen molar-refractivity contribution in [3.8, 4) is 0 Å². The van der Waals surface area contributed by atoms with Crippen LogP contribution in [0.5, 0.6) is 0 Å². The number of carbonyl (C=O) groups excluding carboxylic acids is 1. The molecular formula is C17H25NO6. The zero-order valence-corrected chi connectivity index (χ0v) is 13.7. The average molecular weight is 339 g/mol. The van der Waals surface area contributed by atoms with E-state index in [4.69, 9.17) is 9.47 Å². The molecule has 1 aromatic rings. The van der Waals surface area contributed by atoms with Gasteiger partial charge >= 0.3 is 0 Å². The molecule has 5 atom stereocenters. The maximum absolute atomic E-state index is 10.9. The third-order valence-electron chi connectivity index (χ3n) is 3.89. The maximum Gasteiger partial charge on any atom is 0.184 e. The Morgan fingerprint density at radius 3 is 2.71 bits per heavy atom. The highest BCUT2D eigenvalue weighted by molar-refractivity contribution is 5.75. The number of carbonyl (C=O) groups is 1. The second kappa shape index (κ2) is 9.22. The zero-order chi connectivity index (χ0) is 17.5. The maximum atomic E-state index is 10.9. The van der Waals surface area contributed by atoms with Crippen LogP contribution in [0.15, 0.2) is 30.3 Å². The molecule has 0 aromatic heterocycles. The van der Waals surface area contributed by atoms with Crippen LogP contribution in [0.25, 0.3) is 0 Å². The van der Waals surface area contributed by atoms with E-state index in [9.17, 15) is 20.1 Å². The number of hydrogen-bond acceptors (Lipinski definition) is 7. The van der Waals surface area contributed by atoms with Crippen LogP contribution >= 0.6 is 0 Å². The fourth-order valence-electron chi connectivity index (χ4n) is 2.50. The van der Waals surface area contributed by atoms with Gasteiger partial charge in [0.2, 0.25) is 0 Å². The van der Waals surface area contributed by atoms with Crippen LogP contribution < -0.4 is 5.32 Å². The second-order valence-electron chi connectivity index (χ2n) is 5.96. The molecule has 0 spiro atoms. The first-order valence-electron chi connectivity index (χ1n) is 8.05. The molecule has 1 heterocycles. The van der Waals surface area contributed by atoms with Crippen LogP contribution in [0.3, 0.4) is 0 Å². The zero-order valence-electron chi connectivity index (χ0n) is 13.7. The van der Waals surface area contributed by atoms with Gasteiger partial charge in [-0.2, -0.15) is 0 Å². The molecule has 24 heavy (non-hydrogen) atoms. The summed E-state index contributed by atoms with van der Waals surface area (Å²) in [7, 11) is 0. The molecule has 2 rings (SSSR count). The molecule has 4 N–H and O–H groups in total. The van der Waals surface area contributed by atoms with Gasteiger partial charge in [0.05, 0.1) is 12.7 Å². The van der Waals surface area contributed by atoms with Crippen molar-refractivity contribution in [1.29, 1.82) is 0 Å². The summed E-state index contributed by atoms with van der Waals surface area (Å²) >= 11 is 0. The van der Waals surface area contributed by atoms with E-state index in [0.29, 0.717) is 13.0 Å². The highest BCUT2D eigenvalue weighted by Gasteiger charge is 2.39. The monoisotopic (exact) mass is 339 g/mol. The lowest BCUT2D eigenvalue weighted by Gasteiger charge is -2.37. The van der Waals surface area contributed by atoms with Crippen LogP contribution in [0.1, 0.15) is 25.2 Å². The summed E-state index contributed by atoms with van der Waals surface area (Å²) in [4.78, 5) is 10.9. The Bertz CT molecular complexity index is 511. The summed E-state index contributed by atoms with van der Waals surface area (Å²) in [5.41, 5.74) is 0.774. The number of benzene rings is 1. The summed E-state index contributed by atoms with van der Waals surface area (Å²) in [5.74, 6) is 0.0476. The number of ether oxygens (including phenoxy) is 2. The van der Waals surface area contributed by atoms with Gasteiger partial charge in [-0.15, -0.1) is 0 Å². The molecular weight excluding hydrogens is 314 g/mol. The van der Waals surface area contributed by atoms with Gasteiger partial charge in [0.25, 0.3) is 0 Å². The van der Waals surface area contributed by atoms with Gasteiger partial charge in [-0.3, -0.25) is 4.79 Å². The molecule has 0 unspecified atom stereocenters. The predicted octanol–water partition coefficient (Wildman–Crippen LogP) is -0.248. The molecule has 1 fully saturated rings. The van der Waals surface area contributed by atoms with Crippen molar-refractivity contribution in [2.75, 3.05) is 19.7 Å². The van der Waals surface area contributed by atoms with E-state index >= 15 is 0 Å². The van der Waals surface area contributed by atoms with Gasteiger partial charge in [-0.25, -0.2) is 0 Å². The highest BCUT2D eigenvalue weighted by Crippen LogP contribution is 2.28. The van der Waals surface area contributed by atoms with Crippen LogP contribution in [-0.2, 0) is 14.3 Å². The topological polar surface area (TPSA) is 108 Å². The average Bonchev–Trinajstić information content (AvgIpc) is 2.59. The molecule has 134 valence electrons. The first-order chi connectivity index (χ1) is 11.5. The minimum atomic E-state index is -1.28. The van der Waals surface area contributed by atoms with Crippen molar-refractivity contribution in [1.82, 2.24) is 5.32 Å². The molecule has 1 saturated heterocycles. The van der Waals surface area contributed by atoms with Crippen molar-refractivity contribution in [3.63, 3.8) is 0 Å². The van der Waals surface area contributed by atoms with Crippen molar-refractivity contribution >= 4 is 5.78 Å². The Hall–Kier alpha value is -1.35. The normalized spacial score (nSPS) is 26.8. The van der Waals surface area contributed by atoms with Gasteiger partial charge in [-0.1, -0.05) is 30.3 Å². The van der Waals surface area contributed by atoms with Crippen LogP contribution in [-0.4, -0.2) is 65.2 Å². The Kier molecular flexibility index (Phi) is 7.29. The molecule has 1 aromatic carbocycles. The lowest BCUT2D eigenvalue weighted by molar-refractivity contribution is -0.282. The van der Waals surface area contributed by atoms with Gasteiger partial charge in [-0.05, 0) is 6.92 Å². The van der Waals surface area contributed by atoms with Crippen molar-refractivity contribution < 1.29 is 29.6 Å². The molecule has 0 saturated carbocycles. The number of rotatable bonds is 8. The number of aliphatic hydroxyl groups excluding tert-OH is 3. The molecule has 0 amide bonds. The van der Waals surface area contributed by atoms with Gasteiger partial charge < -0.3 is 30.1 Å². The summed E-state index contributed by atoms with van der Waals surface area (Å²) in [6.45, 7) is 2.01. The van der Waals surface area contributed by atoms with E-state index in [1.54, 1.807) is 0 Å². The highest BCUT2D eigenvalue weighted by atomic mass is 16.7. The minimum Gasteiger partial charge on any atom is -0.389 e. The number of hydrogen-bond donors (Lipinski definition) is 4. The Labute approximate surface area is 141 Å². The number of nitrogens with one attached hydrogen (secondary N) is 1. The lowest BCUT2D eigenvalue weighted by atomic mass is 10.0. The Morgan fingerprint density at radius 1 is 1.33 bits per heavy atom. The van der Waals surface area contributed by atoms with Crippen LogP contribution in [0.2, 0.25) is 0 Å². The van der Waals surface area contributed by atoms with E-state index in [1.165, 1.54) is 6.92 Å². The fourth-order valence-corrected chi connectivity index (χ4v) is 2.50. The first-order valence-corrected chi connectivity index (χ1v) is 8.05. The van der Waals surface area contributed by atoms with Crippen LogP contribution in [0, 0.1) is 0 Å². The predicted molar refractivity (Wildman–Crippen MR) is 86.2 cm³/mol. The third-order valence-corrected chi connectivity index (χ3v) is 3.89. The smallest absolute Gasteiger partial charge is 0.184 e. The summed E-state index contributed by atoms with van der Waals surface area (Å²) < 4.78 is 11.1. The number of aliphatic hydroxyl groups is 3. The van der Waals surface area contributed by atoms with Gasteiger partial charge in [0.15, 0.2) is 6.29 Å². The van der Waals surface area contributed by atoms with Crippen molar-refractivity contribution in [2.24, 2.45) is 0 Å². The van der Waals surface area contributed by atoms with Crippen molar-refractivity contribution in [2.45, 2.75) is 44.1 Å². The molecule has 0 radical (unpaired) electrons. The van der Waals surface area contributed by atoms with E-state index in [1.807, 2.05) is 30.3 Å². The standard InChI is InChI=1S/C17H25NO6/c1-11(19)7-8-18-9-13(20)15(22)16-14(21)10-23-17(24-16)12-5-3-2-4-6-12/h2-6,13-18,20-22H,7-10H2,1H3/t13-,14+,15+,16+,17+/m0/s1. The third kappa shape index (κ3) is 5.34. The Balaban J connectivity index is 1.89. The van der Waals surface area contributed by atoms with Crippen LogP contribution in [0.4, 0.5) is 0 Å². The second-order valence-corrected chi connectivity index (χ2v) is 5.96. The van der Waals surface area contributed by atoms with Gasteiger partial charge in [0, 0.05) is 25.1 Å². The van der Waals surface area contributed by atoms with Gasteiger partial charge in [0.1, 0.15) is 24.1 Å². The molecule has 0 aliphatic carbocycles. The number of Topliss-reactive ketones (excluding diaryl/α,β-unsaturated/α-hetero) is 1. The number of ketones is 1. The molecule has 1 aliphatic heterocycles. The first kappa shape index (κ1) is 19.0. The fraction of sp³-hybridized carbons (Fsp3) is 0.588. The minimum absolute atomic E-state index is 0.00573. The molecule has 7 heteroatoms. The largest absolute Gasteiger partial charge is 0.389 e. The molecule has 1 aliphatic rings. The molecule has 0 bridgehead atoms. The lowest BCUT2D eigenvalue weighted by Crippen LogP contribution is -2.53. The quantitative estimate of drug-likeness (QED) is 0.484. The Morgan fingerprint density at radius 2 is 2.04 bits per heavy atom. The van der Waals surface area contributed by atoms with E-state index in [0.717, 1.165) is 5.56 Å². The summed E-state index contributed by atoms with van der Waals surface area (Å²) in [6, 6.07) is 9.19. The summed E-state index contributed by atoms with van der Waals surface area (Å²) in [5, 5.41) is 33.3. The van der Waals surface area contributed by atoms with E-state index < -0.39 is 30.7 Å². The molecule has 7 nitrogen and oxygen atoms in total. The van der Waals surface area contributed by atoms with E-state index in [-0.39, 0.29) is 18.9 Å².